The highest BCUT2D eigenvalue weighted by Gasteiger charge is 2.04. The van der Waals surface area contributed by atoms with Gasteiger partial charge in [0, 0.05) is 12.8 Å². The molecule has 1 rings (SSSR count). The predicted molar refractivity (Wildman–Crippen MR) is 64.9 cm³/mol. The lowest BCUT2D eigenvalue weighted by Crippen LogP contribution is -1.96. The van der Waals surface area contributed by atoms with Crippen molar-refractivity contribution < 1.29 is 8.42 Å². The summed E-state index contributed by atoms with van der Waals surface area (Å²) in [4.78, 5) is 0.336. The molecule has 1 aromatic rings. The molecule has 0 radical (unpaired) electrons. The number of hydrogen-bond donors (Lipinski definition) is 1. The van der Waals surface area contributed by atoms with E-state index in [9.17, 15) is 8.42 Å². The van der Waals surface area contributed by atoms with Crippen LogP contribution in [0.25, 0.3) is 6.08 Å². The van der Waals surface area contributed by atoms with Crippen molar-refractivity contribution in [2.45, 2.75) is 4.90 Å². The third-order valence-electron chi connectivity index (χ3n) is 1.75. The lowest BCUT2D eigenvalue weighted by molar-refractivity contribution is 0.602. The van der Waals surface area contributed by atoms with Gasteiger partial charge in [0.05, 0.1) is 4.90 Å². The van der Waals surface area contributed by atoms with E-state index >= 15 is 0 Å². The fourth-order valence-electron chi connectivity index (χ4n) is 1.03. The standard InChI is InChI=1S/C10H13NO2S.ClH/c1-14(12,13)10-6-4-9(5-7-10)3-2-8-11;/h2-7H,8,11H2,1H3;1H/b3-2+;. The van der Waals surface area contributed by atoms with Crippen LogP contribution in [-0.4, -0.2) is 21.2 Å². The minimum atomic E-state index is -3.09. The fraction of sp³-hybridized carbons (Fsp3) is 0.200. The second-order valence-electron chi connectivity index (χ2n) is 2.98. The lowest BCUT2D eigenvalue weighted by atomic mass is 10.2. The first-order chi connectivity index (χ1) is 6.54. The predicted octanol–water partition coefficient (Wildman–Crippen LogP) is 1.48. The second kappa shape index (κ2) is 5.90. The van der Waals surface area contributed by atoms with Crippen molar-refractivity contribution in [1.82, 2.24) is 0 Å². The number of nitrogens with two attached hydrogens (primary N) is 1. The van der Waals surface area contributed by atoms with Gasteiger partial charge in [-0.1, -0.05) is 24.3 Å². The molecule has 3 nitrogen and oxygen atoms in total. The molecular formula is C10H14ClNO2S. The molecule has 0 saturated carbocycles. The molecule has 0 spiro atoms. The number of sulfone groups is 1. The Morgan fingerprint density at radius 3 is 2.20 bits per heavy atom. The second-order valence-corrected chi connectivity index (χ2v) is 5.00. The number of rotatable bonds is 3. The zero-order chi connectivity index (χ0) is 10.6. The Labute approximate surface area is 96.3 Å². The van der Waals surface area contributed by atoms with Crippen LogP contribution in [-0.2, 0) is 9.84 Å². The number of halogens is 1. The molecule has 0 atom stereocenters. The smallest absolute Gasteiger partial charge is 0.175 e. The van der Waals surface area contributed by atoms with E-state index < -0.39 is 9.84 Å². The maximum absolute atomic E-state index is 11.1. The molecule has 0 fully saturated rings. The average molecular weight is 248 g/mol. The first kappa shape index (κ1) is 14.2. The molecular weight excluding hydrogens is 234 g/mol. The SMILES string of the molecule is CS(=O)(=O)c1ccc(/C=C/CN)cc1.Cl. The van der Waals surface area contributed by atoms with E-state index in [-0.39, 0.29) is 12.4 Å². The van der Waals surface area contributed by atoms with Crippen molar-refractivity contribution in [3.8, 4) is 0 Å². The summed E-state index contributed by atoms with van der Waals surface area (Å²) in [7, 11) is -3.09. The molecule has 1 aromatic carbocycles. The van der Waals surface area contributed by atoms with Gasteiger partial charge >= 0.3 is 0 Å². The van der Waals surface area contributed by atoms with Crippen LogP contribution in [0.2, 0.25) is 0 Å². The maximum Gasteiger partial charge on any atom is 0.175 e. The zero-order valence-corrected chi connectivity index (χ0v) is 10.0. The molecule has 0 amide bonds. The first-order valence-corrected chi connectivity index (χ1v) is 6.10. The third-order valence-corrected chi connectivity index (χ3v) is 2.88. The largest absolute Gasteiger partial charge is 0.327 e. The van der Waals surface area contributed by atoms with Gasteiger partial charge in [0.1, 0.15) is 0 Å². The van der Waals surface area contributed by atoms with E-state index in [4.69, 9.17) is 5.73 Å². The highest BCUT2D eigenvalue weighted by atomic mass is 35.5. The van der Waals surface area contributed by atoms with E-state index in [1.165, 1.54) is 6.26 Å². The van der Waals surface area contributed by atoms with Crippen molar-refractivity contribution in [2.75, 3.05) is 12.8 Å². The Hall–Kier alpha value is -0.840. The molecule has 0 aromatic heterocycles. The van der Waals surface area contributed by atoms with Crippen LogP contribution >= 0.6 is 12.4 Å². The van der Waals surface area contributed by atoms with Gasteiger partial charge < -0.3 is 5.73 Å². The van der Waals surface area contributed by atoms with Crippen molar-refractivity contribution in [1.29, 1.82) is 0 Å². The highest BCUT2D eigenvalue weighted by molar-refractivity contribution is 7.90. The lowest BCUT2D eigenvalue weighted by Gasteiger charge is -1.98. The molecule has 0 heterocycles. The van der Waals surface area contributed by atoms with Crippen LogP contribution in [0, 0.1) is 0 Å². The van der Waals surface area contributed by atoms with Gasteiger partial charge in [-0.3, -0.25) is 0 Å². The Kier molecular flexibility index (Phi) is 5.57. The van der Waals surface area contributed by atoms with E-state index in [1.807, 2.05) is 12.2 Å². The van der Waals surface area contributed by atoms with Gasteiger partial charge in [-0.15, -0.1) is 12.4 Å². The van der Waals surface area contributed by atoms with Gasteiger partial charge in [-0.2, -0.15) is 0 Å². The molecule has 5 heteroatoms. The van der Waals surface area contributed by atoms with Crippen molar-refractivity contribution in [3.63, 3.8) is 0 Å². The molecule has 15 heavy (non-hydrogen) atoms. The van der Waals surface area contributed by atoms with Gasteiger partial charge in [0.2, 0.25) is 0 Å². The molecule has 0 aliphatic heterocycles. The molecule has 2 N–H and O–H groups in total. The summed E-state index contributed by atoms with van der Waals surface area (Å²) in [5.41, 5.74) is 6.24. The van der Waals surface area contributed by atoms with Crippen LogP contribution in [0.5, 0.6) is 0 Å². The van der Waals surface area contributed by atoms with E-state index in [0.717, 1.165) is 5.56 Å². The molecule has 0 saturated heterocycles. The van der Waals surface area contributed by atoms with Crippen LogP contribution in [0.4, 0.5) is 0 Å². The molecule has 0 unspecified atom stereocenters. The summed E-state index contributed by atoms with van der Waals surface area (Å²) in [5, 5.41) is 0. The van der Waals surface area contributed by atoms with Crippen LogP contribution in [0.3, 0.4) is 0 Å². The van der Waals surface area contributed by atoms with E-state index in [0.29, 0.717) is 11.4 Å². The monoisotopic (exact) mass is 247 g/mol. The fourth-order valence-corrected chi connectivity index (χ4v) is 1.66. The van der Waals surface area contributed by atoms with Gasteiger partial charge in [-0.05, 0) is 17.7 Å². The Bertz CT molecular complexity index is 423. The Balaban J connectivity index is 0.00000196. The summed E-state index contributed by atoms with van der Waals surface area (Å²) < 4.78 is 22.2. The van der Waals surface area contributed by atoms with Gasteiger partial charge in [0.15, 0.2) is 9.84 Å². The molecule has 0 aliphatic rings. The minimum absolute atomic E-state index is 0. The summed E-state index contributed by atoms with van der Waals surface area (Å²) in [5.74, 6) is 0. The maximum atomic E-state index is 11.1. The molecule has 0 aliphatic carbocycles. The quantitative estimate of drug-likeness (QED) is 0.880. The zero-order valence-electron chi connectivity index (χ0n) is 8.38. The van der Waals surface area contributed by atoms with E-state index in [2.05, 4.69) is 0 Å². The normalized spacial score (nSPS) is 11.3. The summed E-state index contributed by atoms with van der Waals surface area (Å²) in [6.07, 6.45) is 4.86. The van der Waals surface area contributed by atoms with Crippen molar-refractivity contribution >= 4 is 28.3 Å². The first-order valence-electron chi connectivity index (χ1n) is 4.21. The van der Waals surface area contributed by atoms with Gasteiger partial charge in [0.25, 0.3) is 0 Å². The summed E-state index contributed by atoms with van der Waals surface area (Å²) >= 11 is 0. The van der Waals surface area contributed by atoms with Crippen LogP contribution in [0.1, 0.15) is 5.56 Å². The topological polar surface area (TPSA) is 60.2 Å². The number of benzene rings is 1. The Morgan fingerprint density at radius 2 is 1.80 bits per heavy atom. The van der Waals surface area contributed by atoms with E-state index in [1.54, 1.807) is 24.3 Å². The molecule has 0 bridgehead atoms. The average Bonchev–Trinajstić information content (AvgIpc) is 2.14. The third kappa shape index (κ3) is 4.46. The van der Waals surface area contributed by atoms with Crippen molar-refractivity contribution in [2.24, 2.45) is 5.73 Å². The van der Waals surface area contributed by atoms with Gasteiger partial charge in [-0.25, -0.2) is 8.42 Å². The summed E-state index contributed by atoms with van der Waals surface area (Å²) in [6.45, 7) is 0.480. The summed E-state index contributed by atoms with van der Waals surface area (Å²) in [6, 6.07) is 6.68. The minimum Gasteiger partial charge on any atom is -0.327 e. The van der Waals surface area contributed by atoms with Crippen LogP contribution < -0.4 is 5.73 Å². The Morgan fingerprint density at radius 1 is 1.27 bits per heavy atom. The molecule has 84 valence electrons. The highest BCUT2D eigenvalue weighted by Crippen LogP contribution is 2.10. The number of hydrogen-bond acceptors (Lipinski definition) is 3. The van der Waals surface area contributed by atoms with Crippen molar-refractivity contribution in [3.05, 3.63) is 35.9 Å². The van der Waals surface area contributed by atoms with Crippen LogP contribution in [0.15, 0.2) is 35.2 Å².